The molecule has 1 aliphatic heterocycles. The van der Waals surface area contributed by atoms with E-state index in [4.69, 9.17) is 27.9 Å². The highest BCUT2D eigenvalue weighted by Gasteiger charge is 2.46. The van der Waals surface area contributed by atoms with Gasteiger partial charge in [-0.1, -0.05) is 35.3 Å². The highest BCUT2D eigenvalue weighted by Crippen LogP contribution is 2.48. The van der Waals surface area contributed by atoms with Crippen LogP contribution in [0.3, 0.4) is 0 Å². The third-order valence-electron chi connectivity index (χ3n) is 5.50. The van der Waals surface area contributed by atoms with E-state index in [1.807, 2.05) is 29.2 Å². The summed E-state index contributed by atoms with van der Waals surface area (Å²) in [6.07, 6.45) is 0.868. The number of piperazine rings is 1. The number of amides is 2. The number of halogens is 2. The summed E-state index contributed by atoms with van der Waals surface area (Å²) in [4.78, 5) is 28.8. The third-order valence-corrected chi connectivity index (χ3v) is 5.99. The lowest BCUT2D eigenvalue weighted by Crippen LogP contribution is -2.52. The molecule has 0 N–H and O–H groups in total. The van der Waals surface area contributed by atoms with Gasteiger partial charge in [0, 0.05) is 42.1 Å². The minimum absolute atomic E-state index is 0.0188. The second kappa shape index (κ2) is 8.64. The van der Waals surface area contributed by atoms with E-state index in [9.17, 15) is 9.59 Å². The minimum Gasteiger partial charge on any atom is -0.484 e. The Morgan fingerprint density at radius 2 is 1.62 bits per heavy atom. The quantitative estimate of drug-likeness (QED) is 0.720. The number of hydrogen-bond donors (Lipinski definition) is 0. The van der Waals surface area contributed by atoms with Gasteiger partial charge in [0.2, 0.25) is 5.91 Å². The van der Waals surface area contributed by atoms with Crippen molar-refractivity contribution in [2.45, 2.75) is 12.3 Å². The van der Waals surface area contributed by atoms with Crippen LogP contribution in [0.1, 0.15) is 17.9 Å². The average Bonchev–Trinajstić information content (AvgIpc) is 3.54. The van der Waals surface area contributed by atoms with Crippen LogP contribution < -0.4 is 4.74 Å². The second-order valence-corrected chi connectivity index (χ2v) is 8.33. The molecule has 1 heterocycles. The van der Waals surface area contributed by atoms with Gasteiger partial charge in [0.15, 0.2) is 6.61 Å². The largest absolute Gasteiger partial charge is 0.484 e. The van der Waals surface area contributed by atoms with E-state index in [2.05, 4.69) is 0 Å². The number of rotatable bonds is 5. The van der Waals surface area contributed by atoms with E-state index in [1.54, 1.807) is 29.2 Å². The molecule has 2 amide bonds. The molecule has 4 rings (SSSR count). The van der Waals surface area contributed by atoms with Gasteiger partial charge in [0.1, 0.15) is 5.75 Å². The molecule has 0 radical (unpaired) electrons. The fourth-order valence-corrected chi connectivity index (χ4v) is 4.08. The normalized spacial score (nSPS) is 21.0. The summed E-state index contributed by atoms with van der Waals surface area (Å²) < 4.78 is 5.53. The Labute approximate surface area is 180 Å². The van der Waals surface area contributed by atoms with Crippen LogP contribution in [0.5, 0.6) is 5.75 Å². The second-order valence-electron chi connectivity index (χ2n) is 7.45. The monoisotopic (exact) mass is 432 g/mol. The molecule has 2 aromatic rings. The van der Waals surface area contributed by atoms with Gasteiger partial charge in [0.25, 0.3) is 5.91 Å². The van der Waals surface area contributed by atoms with E-state index >= 15 is 0 Å². The highest BCUT2D eigenvalue weighted by atomic mass is 35.5. The van der Waals surface area contributed by atoms with Crippen molar-refractivity contribution in [3.63, 3.8) is 0 Å². The lowest BCUT2D eigenvalue weighted by atomic mass is 10.1. The molecular formula is C22H22Cl2N2O3. The molecule has 1 saturated heterocycles. The number of carbonyl (C=O) groups excluding carboxylic acids is 2. The Kier molecular flexibility index (Phi) is 5.97. The topological polar surface area (TPSA) is 49.9 Å². The third kappa shape index (κ3) is 4.85. The van der Waals surface area contributed by atoms with Crippen molar-refractivity contribution < 1.29 is 14.3 Å². The molecule has 2 fully saturated rings. The number of hydrogen-bond acceptors (Lipinski definition) is 3. The zero-order valence-electron chi connectivity index (χ0n) is 15.9. The van der Waals surface area contributed by atoms with Crippen LogP contribution in [0.25, 0.3) is 0 Å². The SMILES string of the molecule is O=C(COc1ccc(Cl)cc1)N1CCN(C(=O)C2CC2c2cccc(Cl)c2)CC1. The van der Waals surface area contributed by atoms with Crippen molar-refractivity contribution in [1.29, 1.82) is 0 Å². The first-order valence-corrected chi connectivity index (χ1v) is 10.5. The van der Waals surface area contributed by atoms with Gasteiger partial charge < -0.3 is 14.5 Å². The molecule has 2 aliphatic rings. The van der Waals surface area contributed by atoms with Gasteiger partial charge in [-0.15, -0.1) is 0 Å². The van der Waals surface area contributed by atoms with Gasteiger partial charge in [0.05, 0.1) is 0 Å². The summed E-state index contributed by atoms with van der Waals surface area (Å²) >= 11 is 11.9. The zero-order valence-corrected chi connectivity index (χ0v) is 17.4. The van der Waals surface area contributed by atoms with Gasteiger partial charge in [-0.05, 0) is 54.3 Å². The summed E-state index contributed by atoms with van der Waals surface area (Å²) in [5.41, 5.74) is 1.13. The van der Waals surface area contributed by atoms with Crippen LogP contribution in [0.4, 0.5) is 0 Å². The predicted octanol–water partition coefficient (Wildman–Crippen LogP) is 3.85. The lowest BCUT2D eigenvalue weighted by molar-refractivity contribution is -0.141. The van der Waals surface area contributed by atoms with E-state index in [0.717, 1.165) is 12.0 Å². The highest BCUT2D eigenvalue weighted by molar-refractivity contribution is 6.30. The van der Waals surface area contributed by atoms with Crippen LogP contribution >= 0.6 is 23.2 Å². The molecule has 152 valence electrons. The van der Waals surface area contributed by atoms with Crippen LogP contribution in [0.2, 0.25) is 10.0 Å². The molecule has 5 nitrogen and oxygen atoms in total. The Bertz CT molecular complexity index is 895. The molecule has 0 aromatic heterocycles. The molecule has 1 saturated carbocycles. The molecule has 7 heteroatoms. The minimum atomic E-state index is -0.0738. The van der Waals surface area contributed by atoms with Gasteiger partial charge in [-0.25, -0.2) is 0 Å². The average molecular weight is 433 g/mol. The van der Waals surface area contributed by atoms with E-state index < -0.39 is 0 Å². The Morgan fingerprint density at radius 1 is 0.931 bits per heavy atom. The first-order chi connectivity index (χ1) is 14.0. The maximum Gasteiger partial charge on any atom is 0.260 e. The van der Waals surface area contributed by atoms with Gasteiger partial charge in [-0.3, -0.25) is 9.59 Å². The molecule has 2 atom stereocenters. The predicted molar refractivity (Wildman–Crippen MR) is 112 cm³/mol. The Hall–Kier alpha value is -2.24. The van der Waals surface area contributed by atoms with Gasteiger partial charge >= 0.3 is 0 Å². The van der Waals surface area contributed by atoms with Crippen LogP contribution in [-0.4, -0.2) is 54.4 Å². The van der Waals surface area contributed by atoms with Gasteiger partial charge in [-0.2, -0.15) is 0 Å². The lowest BCUT2D eigenvalue weighted by Gasteiger charge is -2.35. The maximum absolute atomic E-state index is 12.8. The molecule has 0 spiro atoms. The first kappa shape index (κ1) is 20.0. The van der Waals surface area contributed by atoms with Crippen molar-refractivity contribution in [1.82, 2.24) is 9.80 Å². The molecule has 29 heavy (non-hydrogen) atoms. The van der Waals surface area contributed by atoms with Crippen molar-refractivity contribution in [2.24, 2.45) is 5.92 Å². The van der Waals surface area contributed by atoms with Crippen LogP contribution in [-0.2, 0) is 9.59 Å². The van der Waals surface area contributed by atoms with Crippen molar-refractivity contribution >= 4 is 35.0 Å². The fraction of sp³-hybridized carbons (Fsp3) is 0.364. The first-order valence-electron chi connectivity index (χ1n) is 9.71. The summed E-state index contributed by atoms with van der Waals surface area (Å²) in [5.74, 6) is 1.00. The van der Waals surface area contributed by atoms with E-state index in [-0.39, 0.29) is 30.3 Å². The summed E-state index contributed by atoms with van der Waals surface area (Å²) in [6, 6.07) is 14.7. The number of carbonyl (C=O) groups is 2. The number of benzene rings is 2. The summed E-state index contributed by atoms with van der Waals surface area (Å²) in [6.45, 7) is 2.16. The smallest absolute Gasteiger partial charge is 0.260 e. The van der Waals surface area contributed by atoms with Crippen molar-refractivity contribution in [3.8, 4) is 5.75 Å². The van der Waals surface area contributed by atoms with E-state index in [0.29, 0.717) is 42.0 Å². The fourth-order valence-electron chi connectivity index (χ4n) is 3.75. The van der Waals surface area contributed by atoms with E-state index in [1.165, 1.54) is 0 Å². The molecular weight excluding hydrogens is 411 g/mol. The summed E-state index contributed by atoms with van der Waals surface area (Å²) in [5, 5.41) is 1.33. The standard InChI is InChI=1S/C22H22Cl2N2O3/c23-16-4-6-18(7-5-16)29-14-21(27)25-8-10-26(11-9-25)22(28)20-13-19(20)15-2-1-3-17(24)12-15/h1-7,12,19-20H,8-11,13-14H2. The van der Waals surface area contributed by atoms with Crippen LogP contribution in [0.15, 0.2) is 48.5 Å². The molecule has 2 aromatic carbocycles. The van der Waals surface area contributed by atoms with Crippen molar-refractivity contribution in [2.75, 3.05) is 32.8 Å². The number of nitrogens with zero attached hydrogens (tertiary/aromatic N) is 2. The Morgan fingerprint density at radius 3 is 2.31 bits per heavy atom. The van der Waals surface area contributed by atoms with Crippen molar-refractivity contribution in [3.05, 3.63) is 64.1 Å². The van der Waals surface area contributed by atoms with Crippen LogP contribution in [0, 0.1) is 5.92 Å². The molecule has 1 aliphatic carbocycles. The summed E-state index contributed by atoms with van der Waals surface area (Å²) in [7, 11) is 0. The Balaban J connectivity index is 1.23. The molecule has 0 bridgehead atoms. The molecule has 2 unspecified atom stereocenters. The zero-order chi connectivity index (χ0) is 20.4. The maximum atomic E-state index is 12.8. The number of ether oxygens (including phenoxy) is 1.